The van der Waals surface area contributed by atoms with Crippen LogP contribution in [-0.4, -0.2) is 65.3 Å². The highest BCUT2D eigenvalue weighted by Crippen LogP contribution is 2.39. The lowest BCUT2D eigenvalue weighted by atomic mass is 9.93. The zero-order valence-corrected chi connectivity index (χ0v) is 23.1. The molecule has 0 aliphatic carbocycles. The number of halogens is 7. The molecule has 0 unspecified atom stereocenters. The Hall–Kier alpha value is -3.45. The summed E-state index contributed by atoms with van der Waals surface area (Å²) in [4.78, 5) is 32.4. The molecular formula is C29H26F7N3O2S. The first-order chi connectivity index (χ1) is 19.7. The van der Waals surface area contributed by atoms with Crippen molar-refractivity contribution in [2.45, 2.75) is 37.8 Å². The highest BCUT2D eigenvalue weighted by Gasteiger charge is 2.39. The first-order valence-electron chi connectivity index (χ1n) is 13.2. The molecule has 5 rings (SSSR count). The number of amides is 2. The molecule has 5 nitrogen and oxygen atoms in total. The van der Waals surface area contributed by atoms with E-state index < -0.39 is 41.0 Å². The van der Waals surface area contributed by atoms with Gasteiger partial charge in [0.1, 0.15) is 5.82 Å². The van der Waals surface area contributed by atoms with Gasteiger partial charge >= 0.3 is 12.4 Å². The SMILES string of the molecule is C[C@@H]1CN(C(=O)CN2CCc3sccc3[C@H]2c2cccc(F)c2)CCN1C(=O)c1cc(C(F)(F)F)cc(C(F)(F)F)c1. The minimum absolute atomic E-state index is 0.0136. The van der Waals surface area contributed by atoms with E-state index >= 15 is 0 Å². The average Bonchev–Trinajstić information content (AvgIpc) is 3.40. The van der Waals surface area contributed by atoms with E-state index in [0.717, 1.165) is 16.9 Å². The van der Waals surface area contributed by atoms with Gasteiger partial charge in [-0.05, 0) is 66.2 Å². The average molecular weight is 614 g/mol. The van der Waals surface area contributed by atoms with Gasteiger partial charge in [-0.15, -0.1) is 11.3 Å². The van der Waals surface area contributed by atoms with E-state index in [9.17, 15) is 40.3 Å². The number of fused-ring (bicyclic) bond motifs is 1. The monoisotopic (exact) mass is 613 g/mol. The van der Waals surface area contributed by atoms with Crippen LogP contribution in [0.1, 0.15) is 50.5 Å². The molecule has 0 spiro atoms. The molecule has 2 amide bonds. The maximum Gasteiger partial charge on any atom is 0.416 e. The molecule has 3 aromatic rings. The summed E-state index contributed by atoms with van der Waals surface area (Å²) >= 11 is 1.60. The molecule has 13 heteroatoms. The number of nitrogens with zero attached hydrogens (tertiary/aromatic N) is 3. The van der Waals surface area contributed by atoms with Gasteiger partial charge in [0.2, 0.25) is 5.91 Å². The number of hydrogen-bond acceptors (Lipinski definition) is 4. The van der Waals surface area contributed by atoms with Gasteiger partial charge in [0.15, 0.2) is 0 Å². The van der Waals surface area contributed by atoms with Gasteiger partial charge in [-0.1, -0.05) is 12.1 Å². The van der Waals surface area contributed by atoms with Crippen molar-refractivity contribution in [1.82, 2.24) is 14.7 Å². The smallest absolute Gasteiger partial charge is 0.338 e. The van der Waals surface area contributed by atoms with E-state index in [1.165, 1.54) is 21.9 Å². The van der Waals surface area contributed by atoms with Crippen molar-refractivity contribution < 1.29 is 40.3 Å². The molecule has 0 radical (unpaired) electrons. The molecule has 2 aromatic carbocycles. The van der Waals surface area contributed by atoms with E-state index in [2.05, 4.69) is 0 Å². The second kappa shape index (κ2) is 11.3. The van der Waals surface area contributed by atoms with Crippen LogP contribution in [-0.2, 0) is 23.6 Å². The van der Waals surface area contributed by atoms with Crippen molar-refractivity contribution >= 4 is 23.2 Å². The Morgan fingerprint density at radius 3 is 2.24 bits per heavy atom. The molecular weight excluding hydrogens is 587 g/mol. The normalized spacial score (nSPS) is 20.0. The van der Waals surface area contributed by atoms with Gasteiger partial charge in [-0.3, -0.25) is 14.5 Å². The van der Waals surface area contributed by atoms with Crippen LogP contribution in [0.2, 0.25) is 0 Å². The third-order valence-electron chi connectivity index (χ3n) is 7.64. The Morgan fingerprint density at radius 2 is 1.62 bits per heavy atom. The third kappa shape index (κ3) is 6.17. The summed E-state index contributed by atoms with van der Waals surface area (Å²) in [5, 5.41) is 1.96. The predicted molar refractivity (Wildman–Crippen MR) is 141 cm³/mol. The van der Waals surface area contributed by atoms with Gasteiger partial charge in [0, 0.05) is 42.7 Å². The largest absolute Gasteiger partial charge is 0.416 e. The van der Waals surface area contributed by atoms with Gasteiger partial charge < -0.3 is 9.80 Å². The predicted octanol–water partition coefficient (Wildman–Crippen LogP) is 6.25. The van der Waals surface area contributed by atoms with E-state index in [-0.39, 0.29) is 50.0 Å². The van der Waals surface area contributed by atoms with Crippen molar-refractivity contribution in [1.29, 1.82) is 0 Å². The Kier molecular flexibility index (Phi) is 8.10. The summed E-state index contributed by atoms with van der Waals surface area (Å²) in [5.74, 6) is -1.61. The fraction of sp³-hybridized carbons (Fsp3) is 0.379. The molecule has 1 saturated heterocycles. The highest BCUT2D eigenvalue weighted by molar-refractivity contribution is 7.10. The number of carbonyl (C=O) groups excluding carboxylic acids is 2. The van der Waals surface area contributed by atoms with Crippen LogP contribution >= 0.6 is 11.3 Å². The lowest BCUT2D eigenvalue weighted by Gasteiger charge is -2.42. The van der Waals surface area contributed by atoms with E-state index in [0.29, 0.717) is 24.2 Å². The first-order valence-corrected chi connectivity index (χ1v) is 14.0. The van der Waals surface area contributed by atoms with Crippen molar-refractivity contribution in [3.05, 3.63) is 92.4 Å². The summed E-state index contributed by atoms with van der Waals surface area (Å²) in [6.07, 6.45) is -9.43. The summed E-state index contributed by atoms with van der Waals surface area (Å²) in [5.41, 5.74) is -2.13. The number of alkyl halides is 6. The fourth-order valence-corrected chi connectivity index (χ4v) is 6.51. The second-order valence-corrected chi connectivity index (χ2v) is 11.5. The number of hydrogen-bond donors (Lipinski definition) is 0. The maximum atomic E-state index is 14.1. The standard InChI is InChI=1S/C29H26F7N3O2S/c1-17-15-37(8-9-39(17)27(41)19-11-20(28(31,32)33)14-21(12-19)29(34,35)36)25(40)16-38-7-5-24-23(6-10-42-24)26(38)18-3-2-4-22(30)13-18/h2-4,6,10-14,17,26H,5,7-9,15-16H2,1H3/t17-,26-/m1/s1. The van der Waals surface area contributed by atoms with Crippen LogP contribution in [0.5, 0.6) is 0 Å². The molecule has 1 fully saturated rings. The summed E-state index contributed by atoms with van der Waals surface area (Å²) in [7, 11) is 0. The van der Waals surface area contributed by atoms with Crippen molar-refractivity contribution in [3.8, 4) is 0 Å². The molecule has 3 heterocycles. The number of carbonyl (C=O) groups is 2. The van der Waals surface area contributed by atoms with E-state index in [4.69, 9.17) is 0 Å². The molecule has 2 atom stereocenters. The lowest BCUT2D eigenvalue weighted by molar-refractivity contribution is -0.143. The Bertz CT molecular complexity index is 1450. The number of thiophene rings is 1. The minimum atomic E-state index is -5.07. The molecule has 0 N–H and O–H groups in total. The van der Waals surface area contributed by atoms with Gasteiger partial charge in [0.25, 0.3) is 5.91 Å². The fourth-order valence-electron chi connectivity index (χ4n) is 5.61. The Labute approximate surface area is 241 Å². The quantitative estimate of drug-likeness (QED) is 0.327. The van der Waals surface area contributed by atoms with Gasteiger partial charge in [-0.25, -0.2) is 4.39 Å². The highest BCUT2D eigenvalue weighted by atomic mass is 32.1. The van der Waals surface area contributed by atoms with E-state index in [1.54, 1.807) is 24.3 Å². The van der Waals surface area contributed by atoms with Crippen LogP contribution in [0.3, 0.4) is 0 Å². The topological polar surface area (TPSA) is 43.9 Å². The summed E-state index contributed by atoms with van der Waals surface area (Å²) in [6, 6.07) is 8.01. The molecule has 224 valence electrons. The van der Waals surface area contributed by atoms with Crippen molar-refractivity contribution in [3.63, 3.8) is 0 Å². The molecule has 1 aromatic heterocycles. The second-order valence-electron chi connectivity index (χ2n) is 10.5. The number of rotatable bonds is 4. The van der Waals surface area contributed by atoms with Crippen molar-refractivity contribution in [2.75, 3.05) is 32.7 Å². The molecule has 2 aliphatic rings. The summed E-state index contributed by atoms with van der Waals surface area (Å²) < 4.78 is 94.0. The van der Waals surface area contributed by atoms with Crippen LogP contribution < -0.4 is 0 Å². The van der Waals surface area contributed by atoms with Crippen LogP contribution in [0, 0.1) is 5.82 Å². The van der Waals surface area contributed by atoms with Crippen LogP contribution in [0.4, 0.5) is 30.7 Å². The third-order valence-corrected chi connectivity index (χ3v) is 8.64. The number of piperazine rings is 1. The minimum Gasteiger partial charge on any atom is -0.338 e. The van der Waals surface area contributed by atoms with Crippen molar-refractivity contribution in [2.24, 2.45) is 0 Å². The number of benzene rings is 2. The molecule has 0 saturated carbocycles. The van der Waals surface area contributed by atoms with Gasteiger partial charge in [0.05, 0.1) is 23.7 Å². The Morgan fingerprint density at radius 1 is 0.929 bits per heavy atom. The zero-order chi connectivity index (χ0) is 30.4. The van der Waals surface area contributed by atoms with Crippen LogP contribution in [0.15, 0.2) is 53.9 Å². The maximum absolute atomic E-state index is 14.1. The van der Waals surface area contributed by atoms with E-state index in [1.807, 2.05) is 22.4 Å². The first kappa shape index (κ1) is 30.0. The Balaban J connectivity index is 1.30. The molecule has 2 aliphatic heterocycles. The molecule has 0 bridgehead atoms. The van der Waals surface area contributed by atoms with Gasteiger partial charge in [-0.2, -0.15) is 26.3 Å². The zero-order valence-electron chi connectivity index (χ0n) is 22.3. The van der Waals surface area contributed by atoms with Crippen LogP contribution in [0.25, 0.3) is 0 Å². The summed E-state index contributed by atoms with van der Waals surface area (Å²) in [6.45, 7) is 2.21. The lowest BCUT2D eigenvalue weighted by Crippen LogP contribution is -2.57. The molecule has 42 heavy (non-hydrogen) atoms.